The van der Waals surface area contributed by atoms with Crippen molar-refractivity contribution < 1.29 is 24.9 Å². The first-order valence-corrected chi connectivity index (χ1v) is 10.5. The Hall–Kier alpha value is -0.334. The normalized spacial score (nSPS) is 11.1. The van der Waals surface area contributed by atoms with Crippen LogP contribution in [0.15, 0.2) is 0 Å². The summed E-state index contributed by atoms with van der Waals surface area (Å²) in [4.78, 5) is 19.6. The molecule has 0 saturated carbocycles. The van der Waals surface area contributed by atoms with Gasteiger partial charge in [0, 0.05) is 5.97 Å². The SMILES string of the molecule is CC(O)C(=O)[O-].CCCCCCCCCCCCCCCCCC(=O)[O-].[Mg+2]. The fourth-order valence-corrected chi connectivity index (χ4v) is 2.64. The first-order valence-electron chi connectivity index (χ1n) is 10.5. The van der Waals surface area contributed by atoms with E-state index in [0.717, 1.165) is 19.8 Å². The van der Waals surface area contributed by atoms with Gasteiger partial charge in [-0.2, -0.15) is 0 Å². The van der Waals surface area contributed by atoms with Crippen LogP contribution >= 0.6 is 0 Å². The van der Waals surface area contributed by atoms with E-state index in [2.05, 4.69) is 6.92 Å². The van der Waals surface area contributed by atoms with E-state index in [1.54, 1.807) is 0 Å². The molecule has 0 aromatic heterocycles. The Morgan fingerprint density at radius 2 is 0.963 bits per heavy atom. The van der Waals surface area contributed by atoms with E-state index in [-0.39, 0.29) is 29.5 Å². The molecular formula is C21H40MgO5. The molecule has 156 valence electrons. The number of rotatable bonds is 17. The minimum Gasteiger partial charge on any atom is -0.550 e. The Morgan fingerprint density at radius 3 is 1.19 bits per heavy atom. The van der Waals surface area contributed by atoms with Crippen molar-refractivity contribution in [3.8, 4) is 0 Å². The molecule has 0 aromatic carbocycles. The molecule has 0 aromatic rings. The zero-order chi connectivity index (χ0) is 20.0. The maximum atomic E-state index is 10.2. The molecule has 0 rings (SSSR count). The van der Waals surface area contributed by atoms with Crippen LogP contribution in [0.5, 0.6) is 0 Å². The van der Waals surface area contributed by atoms with Gasteiger partial charge in [0.15, 0.2) is 0 Å². The number of carbonyl (C=O) groups excluding carboxylic acids is 2. The van der Waals surface area contributed by atoms with Gasteiger partial charge in [-0.1, -0.05) is 96.8 Å². The second-order valence-corrected chi connectivity index (χ2v) is 7.07. The van der Waals surface area contributed by atoms with Crippen molar-refractivity contribution in [1.29, 1.82) is 0 Å². The van der Waals surface area contributed by atoms with Gasteiger partial charge < -0.3 is 24.9 Å². The predicted molar refractivity (Wildman–Crippen MR) is 107 cm³/mol. The summed E-state index contributed by atoms with van der Waals surface area (Å²) >= 11 is 0. The number of aliphatic hydroxyl groups is 1. The molecule has 1 atom stereocenters. The number of unbranched alkanes of at least 4 members (excludes halogenated alkanes) is 14. The second kappa shape index (κ2) is 25.7. The monoisotopic (exact) mass is 396 g/mol. The predicted octanol–water partition coefficient (Wildman–Crippen LogP) is 2.73. The third kappa shape index (κ3) is 33.7. The van der Waals surface area contributed by atoms with E-state index in [4.69, 9.17) is 5.11 Å². The van der Waals surface area contributed by atoms with Gasteiger partial charge in [-0.15, -0.1) is 0 Å². The number of hydrogen-bond acceptors (Lipinski definition) is 5. The maximum Gasteiger partial charge on any atom is 2.00 e. The minimum absolute atomic E-state index is 0. The van der Waals surface area contributed by atoms with E-state index in [1.165, 1.54) is 83.5 Å². The van der Waals surface area contributed by atoms with Gasteiger partial charge in [0.1, 0.15) is 0 Å². The summed E-state index contributed by atoms with van der Waals surface area (Å²) < 4.78 is 0. The summed E-state index contributed by atoms with van der Waals surface area (Å²) in [5.41, 5.74) is 0. The van der Waals surface area contributed by atoms with E-state index in [1.807, 2.05) is 0 Å². The molecule has 1 N–H and O–H groups in total. The largest absolute Gasteiger partial charge is 2.00 e. The van der Waals surface area contributed by atoms with Crippen molar-refractivity contribution in [3.05, 3.63) is 0 Å². The minimum atomic E-state index is -1.44. The molecule has 0 amide bonds. The van der Waals surface area contributed by atoms with Crippen LogP contribution in [0.4, 0.5) is 0 Å². The van der Waals surface area contributed by atoms with Crippen LogP contribution in [-0.4, -0.2) is 46.2 Å². The topological polar surface area (TPSA) is 100 Å². The fourth-order valence-electron chi connectivity index (χ4n) is 2.64. The van der Waals surface area contributed by atoms with Crippen molar-refractivity contribution in [3.63, 3.8) is 0 Å². The molecule has 0 heterocycles. The van der Waals surface area contributed by atoms with Crippen LogP contribution in [0.2, 0.25) is 0 Å². The van der Waals surface area contributed by atoms with E-state index in [0.29, 0.717) is 0 Å². The molecule has 27 heavy (non-hydrogen) atoms. The van der Waals surface area contributed by atoms with Crippen LogP contribution < -0.4 is 10.2 Å². The van der Waals surface area contributed by atoms with E-state index in [9.17, 15) is 19.8 Å². The molecule has 0 bridgehead atoms. The van der Waals surface area contributed by atoms with Crippen molar-refractivity contribution in [1.82, 2.24) is 0 Å². The fraction of sp³-hybridized carbons (Fsp3) is 0.905. The number of aliphatic carboxylic acids is 2. The third-order valence-corrected chi connectivity index (χ3v) is 4.33. The first kappa shape index (κ1) is 31.4. The van der Waals surface area contributed by atoms with Crippen LogP contribution in [0, 0.1) is 0 Å². The van der Waals surface area contributed by atoms with Crippen molar-refractivity contribution in [2.24, 2.45) is 0 Å². The molecule has 1 unspecified atom stereocenters. The summed E-state index contributed by atoms with van der Waals surface area (Å²) in [6.45, 7) is 3.40. The molecule has 0 spiro atoms. The van der Waals surface area contributed by atoms with Crippen LogP contribution in [-0.2, 0) is 9.59 Å². The summed E-state index contributed by atoms with van der Waals surface area (Å²) in [6, 6.07) is 0. The average molecular weight is 397 g/mol. The molecule has 0 radical (unpaired) electrons. The molecule has 0 aliphatic carbocycles. The molecule has 6 heteroatoms. The second-order valence-electron chi connectivity index (χ2n) is 7.07. The molecule has 0 fully saturated rings. The van der Waals surface area contributed by atoms with Gasteiger partial charge >= 0.3 is 23.1 Å². The molecule has 0 aliphatic heterocycles. The Balaban J connectivity index is -0.000000709. The van der Waals surface area contributed by atoms with Crippen LogP contribution in [0.1, 0.15) is 117 Å². The number of carbonyl (C=O) groups is 2. The first-order chi connectivity index (χ1) is 12.4. The van der Waals surface area contributed by atoms with Crippen LogP contribution in [0.3, 0.4) is 0 Å². The smallest absolute Gasteiger partial charge is 0.550 e. The number of carboxylic acids is 2. The zero-order valence-corrected chi connectivity index (χ0v) is 19.1. The summed E-state index contributed by atoms with van der Waals surface area (Å²) in [5, 5.41) is 27.5. The Labute approximate surface area is 182 Å². The van der Waals surface area contributed by atoms with Gasteiger partial charge in [0.05, 0.1) is 12.1 Å². The number of carboxylic acid groups (broad SMARTS) is 2. The van der Waals surface area contributed by atoms with Crippen molar-refractivity contribution in [2.45, 2.75) is 123 Å². The van der Waals surface area contributed by atoms with Gasteiger partial charge in [0.2, 0.25) is 0 Å². The molecule has 0 aliphatic rings. The molecule has 5 nitrogen and oxygen atoms in total. The third-order valence-electron chi connectivity index (χ3n) is 4.33. The van der Waals surface area contributed by atoms with Gasteiger partial charge in [0.25, 0.3) is 0 Å². The Bertz CT molecular complexity index is 322. The van der Waals surface area contributed by atoms with Gasteiger partial charge in [-0.25, -0.2) is 0 Å². The Morgan fingerprint density at radius 1 is 0.704 bits per heavy atom. The van der Waals surface area contributed by atoms with Gasteiger partial charge in [-0.05, 0) is 19.8 Å². The summed E-state index contributed by atoms with van der Waals surface area (Å²) in [5.74, 6) is -2.34. The zero-order valence-electron chi connectivity index (χ0n) is 17.7. The van der Waals surface area contributed by atoms with Gasteiger partial charge in [-0.3, -0.25) is 0 Å². The maximum absolute atomic E-state index is 10.2. The molecular weight excluding hydrogens is 357 g/mol. The van der Waals surface area contributed by atoms with Crippen molar-refractivity contribution in [2.75, 3.05) is 0 Å². The van der Waals surface area contributed by atoms with Crippen LogP contribution in [0.25, 0.3) is 0 Å². The quantitative estimate of drug-likeness (QED) is 0.301. The average Bonchev–Trinajstić information content (AvgIpc) is 2.58. The van der Waals surface area contributed by atoms with E-state index < -0.39 is 18.0 Å². The number of aliphatic hydroxyl groups excluding tert-OH is 1. The van der Waals surface area contributed by atoms with Crippen molar-refractivity contribution >= 4 is 35.0 Å². The molecule has 0 saturated heterocycles. The van der Waals surface area contributed by atoms with E-state index >= 15 is 0 Å². The standard InChI is InChI=1S/C18H36O2.C3H6O3.Mg/c1-2-3-4-5-6-7-8-9-10-11-12-13-14-15-16-17-18(19)20;1-2(4)3(5)6;/h2-17H2,1H3,(H,19,20);2,4H,1H3,(H,5,6);/q;;+2/p-2. The Kier molecular flexibility index (Phi) is 29.8. The number of hydrogen-bond donors (Lipinski definition) is 1. The summed E-state index contributed by atoms with van der Waals surface area (Å²) in [6.07, 6.45) is 18.5. The summed E-state index contributed by atoms with van der Waals surface area (Å²) in [7, 11) is 0.